The summed E-state index contributed by atoms with van der Waals surface area (Å²) < 4.78 is 5.46. The van der Waals surface area contributed by atoms with Gasteiger partial charge < -0.3 is 10.5 Å². The molecular formula is C8H17ClN2O. The van der Waals surface area contributed by atoms with Crippen LogP contribution in [-0.2, 0) is 4.74 Å². The fourth-order valence-electron chi connectivity index (χ4n) is 2.14. The highest BCUT2D eigenvalue weighted by Crippen LogP contribution is 2.24. The maximum absolute atomic E-state index is 5.90. The zero-order chi connectivity index (χ0) is 7.84. The van der Waals surface area contributed by atoms with Crippen molar-refractivity contribution in [2.75, 3.05) is 20.3 Å². The number of piperidine rings is 1. The minimum atomic E-state index is 0. The minimum Gasteiger partial charge on any atom is -0.378 e. The first-order chi connectivity index (χ1) is 5.27. The van der Waals surface area contributed by atoms with Crippen LogP contribution in [0.25, 0.3) is 0 Å². The van der Waals surface area contributed by atoms with Crippen molar-refractivity contribution in [3.8, 4) is 0 Å². The molecule has 2 fully saturated rings. The van der Waals surface area contributed by atoms with E-state index in [-0.39, 0.29) is 12.4 Å². The van der Waals surface area contributed by atoms with Crippen LogP contribution >= 0.6 is 12.4 Å². The van der Waals surface area contributed by atoms with Gasteiger partial charge in [0, 0.05) is 18.1 Å². The molecule has 2 saturated heterocycles. The van der Waals surface area contributed by atoms with Crippen molar-refractivity contribution >= 4 is 12.4 Å². The maximum atomic E-state index is 5.90. The molecule has 2 aliphatic heterocycles. The summed E-state index contributed by atoms with van der Waals surface area (Å²) >= 11 is 0. The van der Waals surface area contributed by atoms with Crippen molar-refractivity contribution in [3.05, 3.63) is 0 Å². The Balaban J connectivity index is 0.000000720. The van der Waals surface area contributed by atoms with Crippen LogP contribution in [0.3, 0.4) is 0 Å². The van der Waals surface area contributed by atoms with E-state index in [1.807, 2.05) is 0 Å². The van der Waals surface area contributed by atoms with Gasteiger partial charge in [0.25, 0.3) is 0 Å². The minimum absolute atomic E-state index is 0. The Morgan fingerprint density at radius 2 is 1.75 bits per heavy atom. The Labute approximate surface area is 79.6 Å². The van der Waals surface area contributed by atoms with Crippen LogP contribution in [-0.4, -0.2) is 43.3 Å². The SMILES string of the molecule is CN1[C@@H]2COC[C@H]1C[C@@H](N)C2.Cl. The summed E-state index contributed by atoms with van der Waals surface area (Å²) in [5.41, 5.74) is 5.90. The molecule has 72 valence electrons. The van der Waals surface area contributed by atoms with Crippen LogP contribution in [0.15, 0.2) is 0 Å². The van der Waals surface area contributed by atoms with Crippen molar-refractivity contribution in [1.29, 1.82) is 0 Å². The van der Waals surface area contributed by atoms with E-state index in [2.05, 4.69) is 11.9 Å². The van der Waals surface area contributed by atoms with E-state index in [4.69, 9.17) is 10.5 Å². The Morgan fingerprint density at radius 3 is 2.25 bits per heavy atom. The molecule has 0 aromatic rings. The molecule has 12 heavy (non-hydrogen) atoms. The fraction of sp³-hybridized carbons (Fsp3) is 1.00. The third-order valence-electron chi connectivity index (χ3n) is 2.92. The number of nitrogens with zero attached hydrogens (tertiary/aromatic N) is 1. The van der Waals surface area contributed by atoms with Gasteiger partial charge in [0.15, 0.2) is 0 Å². The second kappa shape index (κ2) is 3.92. The number of fused-ring (bicyclic) bond motifs is 2. The van der Waals surface area contributed by atoms with Crippen LogP contribution in [0.1, 0.15) is 12.8 Å². The topological polar surface area (TPSA) is 38.5 Å². The van der Waals surface area contributed by atoms with E-state index in [1.165, 1.54) is 0 Å². The summed E-state index contributed by atoms with van der Waals surface area (Å²) in [5, 5.41) is 0. The van der Waals surface area contributed by atoms with Gasteiger partial charge >= 0.3 is 0 Å². The first-order valence-electron chi connectivity index (χ1n) is 4.32. The average Bonchev–Trinajstić information content (AvgIpc) is 1.92. The highest BCUT2D eigenvalue weighted by molar-refractivity contribution is 5.85. The van der Waals surface area contributed by atoms with Crippen molar-refractivity contribution in [2.24, 2.45) is 5.73 Å². The lowest BCUT2D eigenvalue weighted by molar-refractivity contribution is -0.0644. The molecule has 3 nitrogen and oxygen atoms in total. The predicted molar refractivity (Wildman–Crippen MR) is 50.6 cm³/mol. The molecule has 3 atom stereocenters. The van der Waals surface area contributed by atoms with Gasteiger partial charge in [-0.3, -0.25) is 4.90 Å². The largest absolute Gasteiger partial charge is 0.378 e. The second-order valence-corrected chi connectivity index (χ2v) is 3.74. The van der Waals surface area contributed by atoms with Gasteiger partial charge in [-0.15, -0.1) is 12.4 Å². The Bertz CT molecular complexity index is 142. The third-order valence-corrected chi connectivity index (χ3v) is 2.92. The molecule has 2 bridgehead atoms. The third kappa shape index (κ3) is 1.74. The van der Waals surface area contributed by atoms with E-state index >= 15 is 0 Å². The molecule has 0 radical (unpaired) electrons. The van der Waals surface area contributed by atoms with Crippen LogP contribution in [0, 0.1) is 0 Å². The predicted octanol–water partition coefficient (Wildman–Crippen LogP) is 0.228. The number of rotatable bonds is 0. The molecule has 0 saturated carbocycles. The number of halogens is 1. The monoisotopic (exact) mass is 192 g/mol. The van der Waals surface area contributed by atoms with Gasteiger partial charge in [-0.25, -0.2) is 0 Å². The molecule has 0 aliphatic carbocycles. The molecule has 2 heterocycles. The van der Waals surface area contributed by atoms with Crippen LogP contribution < -0.4 is 5.73 Å². The van der Waals surface area contributed by atoms with E-state index in [0.717, 1.165) is 26.1 Å². The summed E-state index contributed by atoms with van der Waals surface area (Å²) in [6.07, 6.45) is 2.21. The van der Waals surface area contributed by atoms with Crippen molar-refractivity contribution < 1.29 is 4.74 Å². The van der Waals surface area contributed by atoms with E-state index in [1.54, 1.807) is 0 Å². The van der Waals surface area contributed by atoms with E-state index in [0.29, 0.717) is 18.1 Å². The number of hydrogen-bond acceptors (Lipinski definition) is 3. The first-order valence-corrected chi connectivity index (χ1v) is 4.32. The zero-order valence-corrected chi connectivity index (χ0v) is 8.22. The van der Waals surface area contributed by atoms with Crippen LogP contribution in [0.2, 0.25) is 0 Å². The number of morpholine rings is 1. The van der Waals surface area contributed by atoms with Crippen LogP contribution in [0.5, 0.6) is 0 Å². The molecule has 0 aromatic carbocycles. The van der Waals surface area contributed by atoms with Crippen molar-refractivity contribution in [3.63, 3.8) is 0 Å². The van der Waals surface area contributed by atoms with Gasteiger partial charge in [-0.1, -0.05) is 0 Å². The maximum Gasteiger partial charge on any atom is 0.0623 e. The summed E-state index contributed by atoms with van der Waals surface area (Å²) in [6.45, 7) is 1.75. The Morgan fingerprint density at radius 1 is 1.25 bits per heavy atom. The fourth-order valence-corrected chi connectivity index (χ4v) is 2.14. The van der Waals surface area contributed by atoms with Gasteiger partial charge in [-0.05, 0) is 19.9 Å². The quantitative estimate of drug-likeness (QED) is 0.597. The summed E-state index contributed by atoms with van der Waals surface area (Å²) in [7, 11) is 2.18. The summed E-state index contributed by atoms with van der Waals surface area (Å²) in [4.78, 5) is 2.42. The van der Waals surface area contributed by atoms with E-state index in [9.17, 15) is 0 Å². The number of nitrogens with two attached hydrogens (primary N) is 1. The van der Waals surface area contributed by atoms with Crippen molar-refractivity contribution in [2.45, 2.75) is 31.0 Å². The zero-order valence-electron chi connectivity index (χ0n) is 7.40. The lowest BCUT2D eigenvalue weighted by atomic mass is 9.91. The smallest absolute Gasteiger partial charge is 0.0623 e. The molecule has 2 rings (SSSR count). The highest BCUT2D eigenvalue weighted by Gasteiger charge is 2.34. The molecule has 0 amide bonds. The Kier molecular flexibility index (Phi) is 3.35. The van der Waals surface area contributed by atoms with Gasteiger partial charge in [0.2, 0.25) is 0 Å². The van der Waals surface area contributed by atoms with Crippen molar-refractivity contribution in [1.82, 2.24) is 4.90 Å². The molecule has 2 N–H and O–H groups in total. The molecule has 2 aliphatic rings. The molecule has 0 spiro atoms. The standard InChI is InChI=1S/C8H16N2O.ClH/c1-10-7-2-6(9)3-8(10)5-11-4-7;/h6-8H,2-5,9H2,1H3;1H/t6-,7-,8+;. The summed E-state index contributed by atoms with van der Waals surface area (Å²) in [5.74, 6) is 0. The highest BCUT2D eigenvalue weighted by atomic mass is 35.5. The number of hydrogen-bond donors (Lipinski definition) is 1. The second-order valence-electron chi connectivity index (χ2n) is 3.74. The molecule has 0 unspecified atom stereocenters. The molecule has 0 aromatic heterocycles. The average molecular weight is 193 g/mol. The van der Waals surface area contributed by atoms with Gasteiger partial charge in [0.1, 0.15) is 0 Å². The lowest BCUT2D eigenvalue weighted by Crippen LogP contribution is -2.57. The summed E-state index contributed by atoms with van der Waals surface area (Å²) in [6, 6.07) is 1.57. The molecule has 4 heteroatoms. The Hall–Kier alpha value is 0.170. The van der Waals surface area contributed by atoms with Crippen LogP contribution in [0.4, 0.5) is 0 Å². The molecular weight excluding hydrogens is 176 g/mol. The normalized spacial score (nSPS) is 42.0. The number of ether oxygens (including phenoxy) is 1. The first kappa shape index (κ1) is 10.3. The number of likely N-dealkylation sites (N-methyl/N-ethyl adjacent to an activating group) is 1. The van der Waals surface area contributed by atoms with E-state index < -0.39 is 0 Å². The van der Waals surface area contributed by atoms with Gasteiger partial charge in [-0.2, -0.15) is 0 Å². The lowest BCUT2D eigenvalue weighted by Gasteiger charge is -2.45. The van der Waals surface area contributed by atoms with Gasteiger partial charge in [0.05, 0.1) is 13.2 Å².